The molecular formula is C23H14BrNO4. The van der Waals surface area contributed by atoms with Crippen LogP contribution in [0.4, 0.5) is 0 Å². The van der Waals surface area contributed by atoms with E-state index in [4.69, 9.17) is 9.57 Å². The molecule has 29 heavy (non-hydrogen) atoms. The van der Waals surface area contributed by atoms with E-state index in [1.807, 2.05) is 30.3 Å². The molecular weight excluding hydrogens is 434 g/mol. The fourth-order valence-corrected chi connectivity index (χ4v) is 3.03. The van der Waals surface area contributed by atoms with E-state index in [1.54, 1.807) is 54.6 Å². The van der Waals surface area contributed by atoms with Crippen molar-refractivity contribution >= 4 is 39.7 Å². The van der Waals surface area contributed by atoms with Crippen molar-refractivity contribution in [3.63, 3.8) is 0 Å². The molecule has 0 aliphatic carbocycles. The quantitative estimate of drug-likeness (QED) is 0.244. The van der Waals surface area contributed by atoms with Gasteiger partial charge in [-0.2, -0.15) is 0 Å². The van der Waals surface area contributed by atoms with Crippen molar-refractivity contribution in [2.24, 2.45) is 5.16 Å². The normalized spacial score (nSPS) is 14.4. The first-order valence-corrected chi connectivity index (χ1v) is 9.54. The van der Waals surface area contributed by atoms with Gasteiger partial charge < -0.3 is 9.57 Å². The van der Waals surface area contributed by atoms with Gasteiger partial charge in [0.15, 0.2) is 0 Å². The lowest BCUT2D eigenvalue weighted by atomic mass is 10.0. The van der Waals surface area contributed by atoms with Gasteiger partial charge in [-0.25, -0.2) is 9.59 Å². The van der Waals surface area contributed by atoms with Gasteiger partial charge in [0, 0.05) is 10.0 Å². The summed E-state index contributed by atoms with van der Waals surface area (Å²) in [5.74, 6) is -0.540. The molecule has 3 aromatic rings. The maximum Gasteiger partial charge on any atom is 0.368 e. The van der Waals surface area contributed by atoms with Crippen molar-refractivity contribution in [2.45, 2.75) is 0 Å². The average Bonchev–Trinajstić information content (AvgIpc) is 3.11. The van der Waals surface area contributed by atoms with Crippen LogP contribution >= 0.6 is 15.9 Å². The first-order chi connectivity index (χ1) is 14.1. The van der Waals surface area contributed by atoms with Gasteiger partial charge in [-0.3, -0.25) is 0 Å². The summed E-state index contributed by atoms with van der Waals surface area (Å²) in [6.45, 7) is 0. The van der Waals surface area contributed by atoms with E-state index >= 15 is 0 Å². The predicted octanol–water partition coefficient (Wildman–Crippen LogP) is 5.01. The Labute approximate surface area is 175 Å². The second kappa shape index (κ2) is 8.24. The third-order valence-corrected chi connectivity index (χ3v) is 4.75. The highest BCUT2D eigenvalue weighted by atomic mass is 79.9. The standard InChI is InChI=1S/C23H14BrNO4/c24-18-10-8-17(9-11-18)22(26)28-19-12-6-15(7-13-19)14-20-21(25-29-23(20)27)16-4-2-1-3-5-16/h1-14H. The van der Waals surface area contributed by atoms with Crippen LogP contribution in [0.3, 0.4) is 0 Å². The Morgan fingerprint density at radius 3 is 2.31 bits per heavy atom. The Balaban J connectivity index is 1.51. The third kappa shape index (κ3) is 4.33. The van der Waals surface area contributed by atoms with Crippen LogP contribution in [-0.2, 0) is 9.63 Å². The highest BCUT2D eigenvalue weighted by Crippen LogP contribution is 2.22. The van der Waals surface area contributed by atoms with E-state index in [1.165, 1.54) is 0 Å². The summed E-state index contributed by atoms with van der Waals surface area (Å²) < 4.78 is 6.27. The zero-order valence-electron chi connectivity index (χ0n) is 15.0. The van der Waals surface area contributed by atoms with Crippen LogP contribution in [0.15, 0.2) is 94.1 Å². The Morgan fingerprint density at radius 1 is 0.931 bits per heavy atom. The Kier molecular flexibility index (Phi) is 5.35. The van der Waals surface area contributed by atoms with Gasteiger partial charge in [0.05, 0.1) is 11.1 Å². The lowest BCUT2D eigenvalue weighted by Gasteiger charge is -2.05. The van der Waals surface area contributed by atoms with Gasteiger partial charge in [0.25, 0.3) is 0 Å². The zero-order valence-corrected chi connectivity index (χ0v) is 16.6. The zero-order chi connectivity index (χ0) is 20.2. The van der Waals surface area contributed by atoms with Crippen LogP contribution in [0.25, 0.3) is 6.08 Å². The first kappa shape index (κ1) is 18.8. The first-order valence-electron chi connectivity index (χ1n) is 8.75. The molecule has 1 aliphatic rings. The van der Waals surface area contributed by atoms with Crippen molar-refractivity contribution in [3.8, 4) is 5.75 Å². The van der Waals surface area contributed by atoms with E-state index in [0.717, 1.165) is 15.6 Å². The number of esters is 1. The average molecular weight is 448 g/mol. The van der Waals surface area contributed by atoms with Crippen molar-refractivity contribution < 1.29 is 19.2 Å². The lowest BCUT2D eigenvalue weighted by Crippen LogP contribution is -2.08. The van der Waals surface area contributed by atoms with E-state index in [-0.39, 0.29) is 0 Å². The van der Waals surface area contributed by atoms with Crippen LogP contribution in [-0.4, -0.2) is 17.7 Å². The molecule has 0 amide bonds. The molecule has 0 radical (unpaired) electrons. The maximum absolute atomic E-state index is 12.2. The molecule has 5 nitrogen and oxygen atoms in total. The summed E-state index contributed by atoms with van der Waals surface area (Å²) in [7, 11) is 0. The Hall–Kier alpha value is -3.51. The van der Waals surface area contributed by atoms with Gasteiger partial charge in [0.2, 0.25) is 0 Å². The molecule has 0 unspecified atom stereocenters. The SMILES string of the molecule is O=C1ON=C(c2ccccc2)C1=Cc1ccc(OC(=O)c2ccc(Br)cc2)cc1. The largest absolute Gasteiger partial charge is 0.423 e. The van der Waals surface area contributed by atoms with Crippen molar-refractivity contribution in [1.29, 1.82) is 0 Å². The van der Waals surface area contributed by atoms with Gasteiger partial charge in [-0.1, -0.05) is 63.6 Å². The molecule has 0 atom stereocenters. The minimum absolute atomic E-state index is 0.371. The lowest BCUT2D eigenvalue weighted by molar-refractivity contribution is -0.136. The van der Waals surface area contributed by atoms with Crippen LogP contribution in [0.5, 0.6) is 5.75 Å². The molecule has 3 aromatic carbocycles. The Morgan fingerprint density at radius 2 is 1.62 bits per heavy atom. The molecule has 6 heteroatoms. The van der Waals surface area contributed by atoms with Crippen LogP contribution < -0.4 is 4.74 Å². The second-order valence-corrected chi connectivity index (χ2v) is 7.12. The summed E-state index contributed by atoms with van der Waals surface area (Å²) in [6, 6.07) is 23.1. The van der Waals surface area contributed by atoms with Crippen molar-refractivity contribution in [2.75, 3.05) is 0 Å². The van der Waals surface area contributed by atoms with Gasteiger partial charge in [-0.05, 0) is 48.0 Å². The van der Waals surface area contributed by atoms with E-state index < -0.39 is 11.9 Å². The Bertz CT molecular complexity index is 1120. The van der Waals surface area contributed by atoms with Gasteiger partial charge >= 0.3 is 11.9 Å². The number of benzene rings is 3. The molecule has 0 saturated carbocycles. The number of oxime groups is 1. The minimum Gasteiger partial charge on any atom is -0.423 e. The highest BCUT2D eigenvalue weighted by molar-refractivity contribution is 9.10. The third-order valence-electron chi connectivity index (χ3n) is 4.22. The van der Waals surface area contributed by atoms with Crippen LogP contribution in [0.2, 0.25) is 0 Å². The maximum atomic E-state index is 12.2. The molecule has 0 fully saturated rings. The summed E-state index contributed by atoms with van der Waals surface area (Å²) >= 11 is 3.33. The molecule has 0 bridgehead atoms. The fraction of sp³-hybridized carbons (Fsp3) is 0. The second-order valence-electron chi connectivity index (χ2n) is 6.21. The predicted molar refractivity (Wildman–Crippen MR) is 113 cm³/mol. The summed E-state index contributed by atoms with van der Waals surface area (Å²) in [4.78, 5) is 29.1. The van der Waals surface area contributed by atoms with E-state index in [2.05, 4.69) is 21.1 Å². The molecule has 1 aliphatic heterocycles. The number of halogens is 1. The highest BCUT2D eigenvalue weighted by Gasteiger charge is 2.26. The van der Waals surface area contributed by atoms with Crippen molar-refractivity contribution in [3.05, 3.63) is 106 Å². The topological polar surface area (TPSA) is 65.0 Å². The van der Waals surface area contributed by atoms with Crippen LogP contribution in [0, 0.1) is 0 Å². The molecule has 0 spiro atoms. The number of carbonyl (C=O) groups is 2. The molecule has 0 saturated heterocycles. The molecule has 0 N–H and O–H groups in total. The number of hydrogen-bond acceptors (Lipinski definition) is 5. The fourth-order valence-electron chi connectivity index (χ4n) is 2.76. The number of carbonyl (C=O) groups excluding carboxylic acids is 2. The monoisotopic (exact) mass is 447 g/mol. The van der Waals surface area contributed by atoms with Crippen LogP contribution in [0.1, 0.15) is 21.5 Å². The summed E-state index contributed by atoms with van der Waals surface area (Å²) in [5.41, 5.74) is 2.87. The van der Waals surface area contributed by atoms with Gasteiger partial charge in [0.1, 0.15) is 11.5 Å². The minimum atomic E-state index is -0.505. The summed E-state index contributed by atoms with van der Waals surface area (Å²) in [6.07, 6.45) is 1.70. The number of rotatable bonds is 4. The van der Waals surface area contributed by atoms with Crippen molar-refractivity contribution in [1.82, 2.24) is 0 Å². The molecule has 4 rings (SSSR count). The smallest absolute Gasteiger partial charge is 0.368 e. The number of hydrogen-bond donors (Lipinski definition) is 0. The summed E-state index contributed by atoms with van der Waals surface area (Å²) in [5, 5.41) is 3.89. The van der Waals surface area contributed by atoms with Gasteiger partial charge in [-0.15, -0.1) is 0 Å². The van der Waals surface area contributed by atoms with E-state index in [0.29, 0.717) is 22.6 Å². The molecule has 0 aromatic heterocycles. The molecule has 1 heterocycles. The number of ether oxygens (including phenoxy) is 1. The molecule has 142 valence electrons. The number of nitrogens with zero attached hydrogens (tertiary/aromatic N) is 1. The van der Waals surface area contributed by atoms with E-state index in [9.17, 15) is 9.59 Å².